The van der Waals surface area contributed by atoms with Gasteiger partial charge in [-0.2, -0.15) is 5.10 Å². The van der Waals surface area contributed by atoms with E-state index in [9.17, 15) is 0 Å². The Morgan fingerprint density at radius 2 is 1.83 bits per heavy atom. The lowest BCUT2D eigenvalue weighted by molar-refractivity contribution is 1.32. The molecule has 0 radical (unpaired) electrons. The monoisotopic (exact) mass is 330 g/mol. The Morgan fingerprint density at radius 3 is 2.79 bits per heavy atom. The molecule has 0 aliphatic carbocycles. The van der Waals surface area contributed by atoms with Crippen molar-refractivity contribution < 1.29 is 0 Å². The molecule has 2 aromatic carbocycles. The number of hydrazone groups is 1. The van der Waals surface area contributed by atoms with Crippen LogP contribution in [0, 0.1) is 4.64 Å². The summed E-state index contributed by atoms with van der Waals surface area (Å²) >= 11 is 5.40. The molecule has 0 aliphatic heterocycles. The normalized spacial score (nSPS) is 11.3. The Morgan fingerprint density at radius 1 is 1.00 bits per heavy atom. The number of nitrogens with one attached hydrogen (secondary N) is 2. The minimum Gasteiger partial charge on any atom is -0.346 e. The standard InChI is InChI=1S/C19H14N4S/c24-19-15(11-14-5-1-2-8-16(14)22-19)12-21-23-17-9-3-6-13-7-4-10-20-18(13)17/h1-12,23H,(H,22,24)/b21-12+. The van der Waals surface area contributed by atoms with Gasteiger partial charge in [0.15, 0.2) is 0 Å². The Balaban J connectivity index is 1.66. The van der Waals surface area contributed by atoms with Crippen LogP contribution < -0.4 is 5.43 Å². The number of hydrogen-bond donors (Lipinski definition) is 2. The zero-order chi connectivity index (χ0) is 16.4. The van der Waals surface area contributed by atoms with Gasteiger partial charge in [0.1, 0.15) is 4.64 Å². The number of aromatic amines is 1. The quantitative estimate of drug-likeness (QED) is 0.319. The maximum Gasteiger partial charge on any atom is 0.112 e. The summed E-state index contributed by atoms with van der Waals surface area (Å²) in [4.78, 5) is 7.62. The zero-order valence-corrected chi connectivity index (χ0v) is 13.5. The molecule has 0 saturated heterocycles. The number of hydrogen-bond acceptors (Lipinski definition) is 4. The van der Waals surface area contributed by atoms with E-state index < -0.39 is 0 Å². The molecule has 0 unspecified atom stereocenters. The van der Waals surface area contributed by atoms with Crippen molar-refractivity contribution in [3.8, 4) is 0 Å². The minimum atomic E-state index is 0.662. The third-order valence-electron chi connectivity index (χ3n) is 3.80. The molecular weight excluding hydrogens is 316 g/mol. The maximum atomic E-state index is 5.40. The lowest BCUT2D eigenvalue weighted by Crippen LogP contribution is -1.94. The van der Waals surface area contributed by atoms with Crippen LogP contribution in [0.3, 0.4) is 0 Å². The zero-order valence-electron chi connectivity index (χ0n) is 12.7. The van der Waals surface area contributed by atoms with Gasteiger partial charge in [0.2, 0.25) is 0 Å². The molecular formula is C19H14N4S. The van der Waals surface area contributed by atoms with Gasteiger partial charge in [0, 0.05) is 22.7 Å². The van der Waals surface area contributed by atoms with Gasteiger partial charge in [-0.3, -0.25) is 10.4 Å². The third-order valence-corrected chi connectivity index (χ3v) is 4.14. The lowest BCUT2D eigenvalue weighted by atomic mass is 10.2. The highest BCUT2D eigenvalue weighted by atomic mass is 32.1. The first kappa shape index (κ1) is 14.5. The smallest absolute Gasteiger partial charge is 0.112 e. The van der Waals surface area contributed by atoms with E-state index in [1.807, 2.05) is 60.7 Å². The number of H-pyrrole nitrogens is 1. The molecule has 2 aromatic heterocycles. The highest BCUT2D eigenvalue weighted by molar-refractivity contribution is 7.71. The van der Waals surface area contributed by atoms with Crippen LogP contribution >= 0.6 is 12.2 Å². The van der Waals surface area contributed by atoms with E-state index in [2.05, 4.69) is 20.5 Å². The number of nitrogens with zero attached hydrogens (tertiary/aromatic N) is 2. The summed E-state index contributed by atoms with van der Waals surface area (Å²) in [5.74, 6) is 0. The molecule has 4 nitrogen and oxygen atoms in total. The lowest BCUT2D eigenvalue weighted by Gasteiger charge is -2.04. The predicted octanol–water partition coefficient (Wildman–Crippen LogP) is 4.89. The van der Waals surface area contributed by atoms with Crippen molar-refractivity contribution in [1.82, 2.24) is 9.97 Å². The van der Waals surface area contributed by atoms with Crippen molar-refractivity contribution in [3.05, 3.63) is 77.1 Å². The van der Waals surface area contributed by atoms with Crippen molar-refractivity contribution >= 4 is 45.9 Å². The minimum absolute atomic E-state index is 0.662. The van der Waals surface area contributed by atoms with Gasteiger partial charge in [-0.25, -0.2) is 0 Å². The van der Waals surface area contributed by atoms with Gasteiger partial charge in [-0.1, -0.05) is 48.6 Å². The van der Waals surface area contributed by atoms with Gasteiger partial charge in [-0.15, -0.1) is 0 Å². The van der Waals surface area contributed by atoms with Crippen LogP contribution in [0.2, 0.25) is 0 Å². The molecule has 0 atom stereocenters. The van der Waals surface area contributed by atoms with Crippen molar-refractivity contribution in [1.29, 1.82) is 0 Å². The summed E-state index contributed by atoms with van der Waals surface area (Å²) < 4.78 is 0.662. The van der Waals surface area contributed by atoms with E-state index in [1.54, 1.807) is 12.4 Å². The fraction of sp³-hybridized carbons (Fsp3) is 0. The molecule has 24 heavy (non-hydrogen) atoms. The van der Waals surface area contributed by atoms with Crippen LogP contribution in [-0.2, 0) is 0 Å². The number of benzene rings is 2. The molecule has 0 fully saturated rings. The molecule has 0 amide bonds. The van der Waals surface area contributed by atoms with E-state index in [1.165, 1.54) is 0 Å². The molecule has 0 saturated carbocycles. The SMILES string of the molecule is S=c1[nH]c2ccccc2cc1/C=N/Nc1cccc2cccnc12. The van der Waals surface area contributed by atoms with E-state index in [0.717, 1.165) is 33.1 Å². The fourth-order valence-electron chi connectivity index (χ4n) is 2.63. The molecule has 116 valence electrons. The maximum absolute atomic E-state index is 5.40. The van der Waals surface area contributed by atoms with E-state index in [0.29, 0.717) is 4.64 Å². The molecule has 0 spiro atoms. The van der Waals surface area contributed by atoms with Gasteiger partial charge >= 0.3 is 0 Å². The highest BCUT2D eigenvalue weighted by Crippen LogP contribution is 2.20. The summed E-state index contributed by atoms with van der Waals surface area (Å²) in [6, 6.07) is 20.0. The first-order valence-electron chi connectivity index (χ1n) is 7.56. The first-order valence-corrected chi connectivity index (χ1v) is 7.97. The van der Waals surface area contributed by atoms with E-state index in [-0.39, 0.29) is 0 Å². The second-order valence-corrected chi connectivity index (χ2v) is 5.80. The number of pyridine rings is 2. The fourth-order valence-corrected chi connectivity index (χ4v) is 2.85. The van der Waals surface area contributed by atoms with Crippen molar-refractivity contribution in [3.63, 3.8) is 0 Å². The number of anilines is 1. The summed E-state index contributed by atoms with van der Waals surface area (Å²) in [5, 5.41) is 6.49. The molecule has 4 aromatic rings. The molecule has 5 heteroatoms. The molecule has 2 N–H and O–H groups in total. The highest BCUT2D eigenvalue weighted by Gasteiger charge is 2.00. The van der Waals surface area contributed by atoms with Crippen molar-refractivity contribution in [2.75, 3.05) is 5.43 Å². The van der Waals surface area contributed by atoms with Crippen LogP contribution in [0.25, 0.3) is 21.8 Å². The number of aromatic nitrogens is 2. The van der Waals surface area contributed by atoms with Gasteiger partial charge in [-0.05, 0) is 29.7 Å². The van der Waals surface area contributed by atoms with Gasteiger partial charge in [0.05, 0.1) is 17.4 Å². The molecule has 4 rings (SSSR count). The largest absolute Gasteiger partial charge is 0.346 e. The molecule has 2 heterocycles. The number of para-hydroxylation sites is 2. The van der Waals surface area contributed by atoms with Crippen LogP contribution in [0.5, 0.6) is 0 Å². The molecule has 0 bridgehead atoms. The third kappa shape index (κ3) is 2.77. The second-order valence-electron chi connectivity index (χ2n) is 5.39. The van der Waals surface area contributed by atoms with Crippen LogP contribution in [0.4, 0.5) is 5.69 Å². The van der Waals surface area contributed by atoms with Crippen LogP contribution in [0.15, 0.2) is 72.0 Å². The van der Waals surface area contributed by atoms with Gasteiger partial charge < -0.3 is 4.98 Å². The average molecular weight is 330 g/mol. The van der Waals surface area contributed by atoms with E-state index >= 15 is 0 Å². The second kappa shape index (κ2) is 6.22. The van der Waals surface area contributed by atoms with Crippen molar-refractivity contribution in [2.45, 2.75) is 0 Å². The van der Waals surface area contributed by atoms with Crippen LogP contribution in [-0.4, -0.2) is 16.2 Å². The Hall–Kier alpha value is -3.05. The van der Waals surface area contributed by atoms with E-state index in [4.69, 9.17) is 12.2 Å². The van der Waals surface area contributed by atoms with Gasteiger partial charge in [0.25, 0.3) is 0 Å². The summed E-state index contributed by atoms with van der Waals surface area (Å²) in [6.45, 7) is 0. The number of fused-ring (bicyclic) bond motifs is 2. The Bertz CT molecular complexity index is 1110. The molecule has 0 aliphatic rings. The summed E-state index contributed by atoms with van der Waals surface area (Å²) in [7, 11) is 0. The summed E-state index contributed by atoms with van der Waals surface area (Å²) in [6.07, 6.45) is 3.50. The number of rotatable bonds is 3. The first-order chi connectivity index (χ1) is 11.8. The Labute approximate surface area is 143 Å². The predicted molar refractivity (Wildman–Crippen MR) is 102 cm³/mol. The Kier molecular flexibility index (Phi) is 3.76. The summed E-state index contributed by atoms with van der Waals surface area (Å²) in [5.41, 5.74) is 6.69. The van der Waals surface area contributed by atoms with Crippen molar-refractivity contribution in [2.24, 2.45) is 5.10 Å². The topological polar surface area (TPSA) is 53.1 Å². The average Bonchev–Trinajstić information content (AvgIpc) is 2.62. The van der Waals surface area contributed by atoms with Crippen LogP contribution in [0.1, 0.15) is 5.56 Å².